The Kier molecular flexibility index (Phi) is 2.90. The predicted molar refractivity (Wildman–Crippen MR) is 70.0 cm³/mol. The summed E-state index contributed by atoms with van der Waals surface area (Å²) in [6, 6.07) is 9.18. The fourth-order valence-corrected chi connectivity index (χ4v) is 3.15. The van der Waals surface area contributed by atoms with Gasteiger partial charge in [0.15, 0.2) is 5.78 Å². The van der Waals surface area contributed by atoms with Crippen LogP contribution >= 0.6 is 0 Å². The quantitative estimate of drug-likeness (QED) is 0.836. The van der Waals surface area contributed by atoms with Gasteiger partial charge in [-0.2, -0.15) is 0 Å². The summed E-state index contributed by atoms with van der Waals surface area (Å²) >= 11 is 0. The fraction of sp³-hybridized carbons (Fsp3) is 0.467. The molecule has 0 spiro atoms. The zero-order valence-corrected chi connectivity index (χ0v) is 10.7. The number of hydrogen-bond donors (Lipinski definition) is 1. The number of carbonyl (C=O) groups is 2. The van der Waals surface area contributed by atoms with Crippen molar-refractivity contribution in [2.24, 2.45) is 11.3 Å². The van der Waals surface area contributed by atoms with Crippen LogP contribution in [0.15, 0.2) is 30.3 Å². The second-order valence-electron chi connectivity index (χ2n) is 5.65. The molecule has 19 heavy (non-hydrogen) atoms. The van der Waals surface area contributed by atoms with Gasteiger partial charge in [0.2, 0.25) is 0 Å². The van der Waals surface area contributed by atoms with Crippen LogP contribution in [0.25, 0.3) is 0 Å². The minimum atomic E-state index is -0.700. The highest BCUT2D eigenvalue weighted by Crippen LogP contribution is 2.57. The molecule has 1 heterocycles. The molecule has 1 saturated carbocycles. The number of likely N-dealkylation sites (tertiary alicyclic amines) is 1. The Balaban J connectivity index is 1.65. The van der Waals surface area contributed by atoms with E-state index in [1.54, 1.807) is 12.1 Å². The number of carboxylic acid groups (broad SMARTS) is 1. The van der Waals surface area contributed by atoms with E-state index >= 15 is 0 Å². The van der Waals surface area contributed by atoms with Gasteiger partial charge >= 0.3 is 5.97 Å². The van der Waals surface area contributed by atoms with E-state index in [-0.39, 0.29) is 5.78 Å². The van der Waals surface area contributed by atoms with Crippen LogP contribution < -0.4 is 0 Å². The molecule has 0 amide bonds. The SMILES string of the molecule is O=C(CN1CCC2CC2(C(=O)O)C1)c1ccccc1. The molecule has 1 aromatic rings. The largest absolute Gasteiger partial charge is 0.481 e. The van der Waals surface area contributed by atoms with Crippen molar-refractivity contribution in [1.82, 2.24) is 4.90 Å². The molecule has 100 valence electrons. The van der Waals surface area contributed by atoms with E-state index in [9.17, 15) is 14.7 Å². The average Bonchev–Trinajstić information content (AvgIpc) is 3.15. The number of carbonyl (C=O) groups excluding carboxylic acids is 1. The number of fused-ring (bicyclic) bond motifs is 1. The van der Waals surface area contributed by atoms with Crippen molar-refractivity contribution in [3.05, 3.63) is 35.9 Å². The smallest absolute Gasteiger partial charge is 0.311 e. The van der Waals surface area contributed by atoms with E-state index in [0.29, 0.717) is 24.6 Å². The highest BCUT2D eigenvalue weighted by molar-refractivity contribution is 5.97. The Labute approximate surface area is 112 Å². The predicted octanol–water partition coefficient (Wildman–Crippen LogP) is 1.67. The maximum atomic E-state index is 12.1. The molecule has 2 fully saturated rings. The van der Waals surface area contributed by atoms with Gasteiger partial charge in [-0.3, -0.25) is 14.5 Å². The monoisotopic (exact) mass is 259 g/mol. The van der Waals surface area contributed by atoms with Crippen LogP contribution in [0.4, 0.5) is 0 Å². The first-order valence-electron chi connectivity index (χ1n) is 6.66. The molecule has 1 aromatic carbocycles. The first kappa shape index (κ1) is 12.4. The molecule has 0 bridgehead atoms. The minimum absolute atomic E-state index is 0.0697. The van der Waals surface area contributed by atoms with Crippen molar-refractivity contribution in [1.29, 1.82) is 0 Å². The Hall–Kier alpha value is -1.68. The molecule has 3 rings (SSSR count). The molecule has 1 aliphatic carbocycles. The van der Waals surface area contributed by atoms with E-state index in [1.165, 1.54) is 0 Å². The fourth-order valence-electron chi connectivity index (χ4n) is 3.15. The zero-order chi connectivity index (χ0) is 13.5. The van der Waals surface area contributed by atoms with Crippen LogP contribution in [0.2, 0.25) is 0 Å². The lowest BCUT2D eigenvalue weighted by atomic mass is 9.97. The second kappa shape index (κ2) is 4.46. The number of nitrogens with zero attached hydrogens (tertiary/aromatic N) is 1. The summed E-state index contributed by atoms with van der Waals surface area (Å²) in [4.78, 5) is 25.4. The summed E-state index contributed by atoms with van der Waals surface area (Å²) in [6.45, 7) is 1.68. The number of ketones is 1. The third-order valence-corrected chi connectivity index (χ3v) is 4.42. The zero-order valence-electron chi connectivity index (χ0n) is 10.7. The molecular formula is C15H17NO3. The lowest BCUT2D eigenvalue weighted by Crippen LogP contribution is -2.42. The van der Waals surface area contributed by atoms with Gasteiger partial charge in [0, 0.05) is 12.1 Å². The van der Waals surface area contributed by atoms with Gasteiger partial charge in [-0.25, -0.2) is 0 Å². The lowest BCUT2D eigenvalue weighted by molar-refractivity contribution is -0.145. The van der Waals surface area contributed by atoms with Gasteiger partial charge in [-0.05, 0) is 25.3 Å². The number of rotatable bonds is 4. The normalized spacial score (nSPS) is 29.6. The van der Waals surface area contributed by atoms with Crippen LogP contribution in [0.1, 0.15) is 23.2 Å². The minimum Gasteiger partial charge on any atom is -0.481 e. The second-order valence-corrected chi connectivity index (χ2v) is 5.65. The first-order valence-corrected chi connectivity index (χ1v) is 6.66. The van der Waals surface area contributed by atoms with Crippen LogP contribution in [0.5, 0.6) is 0 Å². The highest BCUT2D eigenvalue weighted by atomic mass is 16.4. The molecule has 1 aliphatic heterocycles. The van der Waals surface area contributed by atoms with E-state index in [1.807, 2.05) is 23.1 Å². The van der Waals surface area contributed by atoms with Crippen LogP contribution in [0, 0.1) is 11.3 Å². The van der Waals surface area contributed by atoms with Gasteiger partial charge in [0.05, 0.1) is 12.0 Å². The van der Waals surface area contributed by atoms with Gasteiger partial charge in [0.25, 0.3) is 0 Å². The first-order chi connectivity index (χ1) is 9.12. The number of carboxylic acids is 1. The van der Waals surface area contributed by atoms with Gasteiger partial charge in [0.1, 0.15) is 0 Å². The molecule has 0 radical (unpaired) electrons. The molecule has 2 unspecified atom stereocenters. The van der Waals surface area contributed by atoms with Crippen molar-refractivity contribution < 1.29 is 14.7 Å². The van der Waals surface area contributed by atoms with Gasteiger partial charge < -0.3 is 5.11 Å². The summed E-state index contributed by atoms with van der Waals surface area (Å²) in [5.41, 5.74) is 0.139. The number of hydrogen-bond acceptors (Lipinski definition) is 3. The van der Waals surface area contributed by atoms with Crippen molar-refractivity contribution in [2.45, 2.75) is 12.8 Å². The van der Waals surface area contributed by atoms with E-state index in [4.69, 9.17) is 0 Å². The van der Waals surface area contributed by atoms with Crippen LogP contribution in [-0.4, -0.2) is 41.4 Å². The molecule has 0 aromatic heterocycles. The van der Waals surface area contributed by atoms with Gasteiger partial charge in [-0.1, -0.05) is 30.3 Å². The summed E-state index contributed by atoms with van der Waals surface area (Å²) in [7, 11) is 0. The van der Waals surface area contributed by atoms with E-state index in [2.05, 4.69) is 0 Å². The van der Waals surface area contributed by atoms with Gasteiger partial charge in [-0.15, -0.1) is 0 Å². The summed E-state index contributed by atoms with van der Waals surface area (Å²) in [6.07, 6.45) is 1.67. The molecule has 1 N–H and O–H groups in total. The van der Waals surface area contributed by atoms with Crippen molar-refractivity contribution in [3.63, 3.8) is 0 Å². The summed E-state index contributed by atoms with van der Waals surface area (Å²) in [5.74, 6) is -0.303. The topological polar surface area (TPSA) is 57.6 Å². The molecule has 1 saturated heterocycles. The van der Waals surface area contributed by atoms with Crippen molar-refractivity contribution >= 4 is 11.8 Å². The Morgan fingerprint density at radius 1 is 1.32 bits per heavy atom. The maximum Gasteiger partial charge on any atom is 0.311 e. The third-order valence-electron chi connectivity index (χ3n) is 4.42. The number of piperidine rings is 1. The Morgan fingerprint density at radius 2 is 2.05 bits per heavy atom. The molecule has 4 nitrogen and oxygen atoms in total. The Morgan fingerprint density at radius 3 is 2.74 bits per heavy atom. The number of aliphatic carboxylic acids is 1. The highest BCUT2D eigenvalue weighted by Gasteiger charge is 2.62. The number of benzene rings is 1. The Bertz CT molecular complexity index is 513. The molecule has 4 heteroatoms. The van der Waals surface area contributed by atoms with Crippen molar-refractivity contribution in [3.8, 4) is 0 Å². The van der Waals surface area contributed by atoms with Crippen LogP contribution in [-0.2, 0) is 4.79 Å². The lowest BCUT2D eigenvalue weighted by Gasteiger charge is -2.29. The number of Topliss-reactive ketones (excluding diaryl/α,β-unsaturated/α-hetero) is 1. The van der Waals surface area contributed by atoms with Crippen LogP contribution in [0.3, 0.4) is 0 Å². The molecule has 2 aliphatic rings. The average molecular weight is 259 g/mol. The maximum absolute atomic E-state index is 12.1. The standard InChI is InChI=1S/C15H17NO3/c17-13(11-4-2-1-3-5-11)9-16-7-6-12-8-15(12,10-16)14(18)19/h1-5,12H,6-10H2,(H,18,19). The third kappa shape index (κ3) is 2.16. The van der Waals surface area contributed by atoms with E-state index < -0.39 is 11.4 Å². The molecular weight excluding hydrogens is 242 g/mol. The summed E-state index contributed by atoms with van der Waals surface area (Å²) in [5, 5.41) is 9.30. The van der Waals surface area contributed by atoms with Crippen molar-refractivity contribution in [2.75, 3.05) is 19.6 Å². The van der Waals surface area contributed by atoms with E-state index in [0.717, 1.165) is 19.4 Å². The molecule has 2 atom stereocenters. The summed E-state index contributed by atoms with van der Waals surface area (Å²) < 4.78 is 0.